The van der Waals surface area contributed by atoms with Gasteiger partial charge in [0, 0.05) is 0 Å². The maximum absolute atomic E-state index is 13.1. The van der Waals surface area contributed by atoms with E-state index in [0.717, 1.165) is 44.9 Å². The van der Waals surface area contributed by atoms with Crippen molar-refractivity contribution in [2.45, 2.75) is 339 Å². The average molecular weight is 1020 g/mol. The van der Waals surface area contributed by atoms with Gasteiger partial charge in [-0.2, -0.15) is 0 Å². The lowest BCUT2D eigenvalue weighted by molar-refractivity contribution is -0.302. The Balaban J connectivity index is 2.18. The molecule has 0 aromatic rings. The first kappa shape index (κ1) is 68.4. The molecule has 1 amide bonds. The fourth-order valence-electron chi connectivity index (χ4n) is 9.85. The number of rotatable bonds is 53. The molecule has 1 heterocycles. The summed E-state index contributed by atoms with van der Waals surface area (Å²) in [6, 6.07) is -1.00. The quantitative estimate of drug-likeness (QED) is 0.0232. The Labute approximate surface area is 443 Å². The van der Waals surface area contributed by atoms with E-state index in [1.165, 1.54) is 212 Å². The van der Waals surface area contributed by atoms with E-state index in [2.05, 4.69) is 43.5 Å². The van der Waals surface area contributed by atoms with Crippen LogP contribution in [0.25, 0.3) is 0 Å². The van der Waals surface area contributed by atoms with Crippen LogP contribution < -0.4 is 5.32 Å². The summed E-state index contributed by atoms with van der Waals surface area (Å²) in [5.74, 6) is -0.626. The summed E-state index contributed by atoms with van der Waals surface area (Å²) in [5, 5.41) is 65.0. The molecule has 424 valence electrons. The molecule has 0 bridgehead atoms. The molecule has 0 spiro atoms. The summed E-state index contributed by atoms with van der Waals surface area (Å²) in [4.78, 5) is 13.1. The lowest BCUT2D eigenvalue weighted by atomic mass is 9.99. The number of carbonyl (C=O) groups excluding carboxylic acids is 1. The summed E-state index contributed by atoms with van der Waals surface area (Å²) >= 11 is 0. The third kappa shape index (κ3) is 39.7. The highest BCUT2D eigenvalue weighted by molar-refractivity contribution is 5.80. The normalized spacial score (nSPS) is 19.8. The fourth-order valence-corrected chi connectivity index (χ4v) is 9.85. The molecule has 72 heavy (non-hydrogen) atoms. The third-order valence-electron chi connectivity index (χ3n) is 14.8. The van der Waals surface area contributed by atoms with Crippen molar-refractivity contribution in [1.82, 2.24) is 5.32 Å². The number of hydrogen-bond acceptors (Lipinski definition) is 9. The number of allylic oxidation sites excluding steroid dienone is 5. The monoisotopic (exact) mass is 1020 g/mol. The largest absolute Gasteiger partial charge is 0.394 e. The van der Waals surface area contributed by atoms with Crippen LogP contribution in [0.4, 0.5) is 0 Å². The van der Waals surface area contributed by atoms with Crippen LogP contribution in [-0.2, 0) is 14.3 Å². The van der Waals surface area contributed by atoms with Crippen molar-refractivity contribution in [2.75, 3.05) is 13.2 Å². The van der Waals surface area contributed by atoms with E-state index in [1.807, 2.05) is 6.08 Å². The van der Waals surface area contributed by atoms with Gasteiger partial charge in [0.1, 0.15) is 30.5 Å². The van der Waals surface area contributed by atoms with Crippen LogP contribution in [0.3, 0.4) is 0 Å². The summed E-state index contributed by atoms with van der Waals surface area (Å²) < 4.78 is 11.2. The maximum Gasteiger partial charge on any atom is 0.249 e. The first-order chi connectivity index (χ1) is 35.3. The number of nitrogens with one attached hydrogen (secondary N) is 1. The van der Waals surface area contributed by atoms with Crippen LogP contribution in [0, 0.1) is 0 Å². The molecule has 10 heteroatoms. The van der Waals surface area contributed by atoms with Crippen LogP contribution in [0.1, 0.15) is 290 Å². The van der Waals surface area contributed by atoms with Crippen LogP contribution in [0.15, 0.2) is 36.5 Å². The number of unbranched alkanes of at least 4 members (excludes halogenated alkanes) is 38. The van der Waals surface area contributed by atoms with Crippen molar-refractivity contribution in [3.05, 3.63) is 36.5 Å². The summed E-state index contributed by atoms with van der Waals surface area (Å²) in [7, 11) is 0. The van der Waals surface area contributed by atoms with Gasteiger partial charge in [0.05, 0.1) is 25.4 Å². The Kier molecular flexibility index (Phi) is 48.9. The van der Waals surface area contributed by atoms with Gasteiger partial charge in [0.15, 0.2) is 6.29 Å². The molecule has 1 aliphatic heterocycles. The molecular weight excluding hydrogens is 903 g/mol. The van der Waals surface area contributed by atoms with E-state index < -0.39 is 61.5 Å². The van der Waals surface area contributed by atoms with Crippen molar-refractivity contribution >= 4 is 5.91 Å². The SMILES string of the molecule is CCCCCCCC/C=C/CC/C=C/CC/C=C/C(O)C(COC1OC(CO)C(O)C(O)C1O)NC(=O)C(O)CCCCCCCCCCCCCCCCCCCCCCCCCCCCCCCCC. The van der Waals surface area contributed by atoms with Crippen LogP contribution in [-0.4, -0.2) is 98.7 Å². The van der Waals surface area contributed by atoms with Gasteiger partial charge in [0.2, 0.25) is 5.91 Å². The van der Waals surface area contributed by atoms with Crippen LogP contribution in [0.2, 0.25) is 0 Å². The zero-order valence-corrected chi connectivity index (χ0v) is 46.8. The molecule has 8 atom stereocenters. The molecule has 1 saturated heterocycles. The van der Waals surface area contributed by atoms with Crippen LogP contribution in [0.5, 0.6) is 0 Å². The molecule has 10 nitrogen and oxygen atoms in total. The molecular formula is C62H117NO9. The zero-order valence-electron chi connectivity index (χ0n) is 46.8. The molecule has 0 aliphatic carbocycles. The zero-order chi connectivity index (χ0) is 52.4. The number of ether oxygens (including phenoxy) is 2. The van der Waals surface area contributed by atoms with E-state index in [0.29, 0.717) is 19.3 Å². The summed E-state index contributed by atoms with van der Waals surface area (Å²) in [6.45, 7) is 3.61. The highest BCUT2D eigenvalue weighted by atomic mass is 16.7. The second-order valence-electron chi connectivity index (χ2n) is 21.6. The third-order valence-corrected chi connectivity index (χ3v) is 14.8. The topological polar surface area (TPSA) is 169 Å². The molecule has 0 radical (unpaired) electrons. The van der Waals surface area contributed by atoms with Crippen molar-refractivity contribution in [3.63, 3.8) is 0 Å². The highest BCUT2D eigenvalue weighted by Gasteiger charge is 2.44. The summed E-state index contributed by atoms with van der Waals surface area (Å²) in [6.07, 6.45) is 57.0. The first-order valence-corrected chi connectivity index (χ1v) is 30.8. The Morgan fingerprint density at radius 1 is 0.472 bits per heavy atom. The number of hydrogen-bond donors (Lipinski definition) is 7. The number of amides is 1. The Morgan fingerprint density at radius 3 is 1.21 bits per heavy atom. The van der Waals surface area contributed by atoms with Crippen molar-refractivity contribution < 1.29 is 44.9 Å². The lowest BCUT2D eigenvalue weighted by Gasteiger charge is -2.40. The molecule has 1 fully saturated rings. The van der Waals surface area contributed by atoms with E-state index in [4.69, 9.17) is 9.47 Å². The number of carbonyl (C=O) groups is 1. The molecule has 1 rings (SSSR count). The predicted octanol–water partition coefficient (Wildman–Crippen LogP) is 14.5. The minimum Gasteiger partial charge on any atom is -0.394 e. The Hall–Kier alpha value is -1.63. The van der Waals surface area contributed by atoms with Gasteiger partial charge in [-0.25, -0.2) is 0 Å². The van der Waals surface area contributed by atoms with Gasteiger partial charge in [-0.15, -0.1) is 0 Å². The molecule has 0 aromatic heterocycles. The molecule has 1 aliphatic rings. The predicted molar refractivity (Wildman–Crippen MR) is 301 cm³/mol. The maximum atomic E-state index is 13.1. The Morgan fingerprint density at radius 2 is 0.819 bits per heavy atom. The van der Waals surface area contributed by atoms with Gasteiger partial charge in [-0.05, 0) is 44.9 Å². The van der Waals surface area contributed by atoms with Crippen molar-refractivity contribution in [3.8, 4) is 0 Å². The molecule has 8 unspecified atom stereocenters. The molecule has 7 N–H and O–H groups in total. The smallest absolute Gasteiger partial charge is 0.249 e. The minimum atomic E-state index is -1.62. The first-order valence-electron chi connectivity index (χ1n) is 30.8. The van der Waals surface area contributed by atoms with Gasteiger partial charge < -0.3 is 45.4 Å². The second-order valence-corrected chi connectivity index (χ2v) is 21.6. The molecule has 0 saturated carbocycles. The van der Waals surface area contributed by atoms with E-state index in [1.54, 1.807) is 6.08 Å². The fraction of sp³-hybridized carbons (Fsp3) is 0.887. The van der Waals surface area contributed by atoms with Gasteiger partial charge in [0.25, 0.3) is 0 Å². The van der Waals surface area contributed by atoms with Crippen molar-refractivity contribution in [1.29, 1.82) is 0 Å². The molecule has 0 aromatic carbocycles. The van der Waals surface area contributed by atoms with Crippen molar-refractivity contribution in [2.24, 2.45) is 0 Å². The number of aliphatic hydroxyl groups is 6. The van der Waals surface area contributed by atoms with Gasteiger partial charge in [-0.3, -0.25) is 4.79 Å². The van der Waals surface area contributed by atoms with Gasteiger partial charge >= 0.3 is 0 Å². The minimum absolute atomic E-state index is 0.304. The lowest BCUT2D eigenvalue weighted by Crippen LogP contribution is -2.60. The average Bonchev–Trinajstić information content (AvgIpc) is 3.38. The van der Waals surface area contributed by atoms with E-state index in [9.17, 15) is 35.4 Å². The highest BCUT2D eigenvalue weighted by Crippen LogP contribution is 2.23. The number of aliphatic hydroxyl groups excluding tert-OH is 6. The summed E-state index contributed by atoms with van der Waals surface area (Å²) in [5.41, 5.74) is 0. The standard InChI is InChI=1S/C62H117NO9/c1-3-5-7-9-11-13-15-17-19-21-22-23-24-25-26-27-28-29-30-31-32-33-34-35-37-39-41-43-45-47-49-51-56(66)61(70)63-54(53-71-62-60(69)59(68)58(67)57(52-64)72-62)55(65)50-48-46-44-42-40-38-36-20-18-16-14-12-10-8-6-4-2/h18,20,40,42,48,50,54-60,62,64-69H,3-17,19,21-39,41,43-47,49,51-53H2,1-2H3,(H,63,70)/b20-18+,42-40+,50-48+. The van der Waals surface area contributed by atoms with Gasteiger partial charge in [-0.1, -0.05) is 281 Å². The van der Waals surface area contributed by atoms with Crippen LogP contribution >= 0.6 is 0 Å². The van der Waals surface area contributed by atoms with E-state index >= 15 is 0 Å². The van der Waals surface area contributed by atoms with E-state index in [-0.39, 0.29) is 6.61 Å². The second kappa shape index (κ2) is 51.5. The Bertz CT molecular complexity index is 1240.